The SMILES string of the molecule is Fc1c(Cl)ccc(C(F)(F)F)c1[C@@H]1CCCN1. The van der Waals surface area contributed by atoms with Crippen molar-refractivity contribution in [2.24, 2.45) is 0 Å². The maximum atomic E-state index is 13.8. The van der Waals surface area contributed by atoms with Gasteiger partial charge in [-0.2, -0.15) is 13.2 Å². The molecule has 94 valence electrons. The highest BCUT2D eigenvalue weighted by Gasteiger charge is 2.38. The van der Waals surface area contributed by atoms with Gasteiger partial charge in [-0.15, -0.1) is 0 Å². The van der Waals surface area contributed by atoms with Crippen LogP contribution >= 0.6 is 11.6 Å². The first-order valence-corrected chi connectivity index (χ1v) is 5.57. The minimum atomic E-state index is -4.56. The summed E-state index contributed by atoms with van der Waals surface area (Å²) >= 11 is 5.54. The Morgan fingerprint density at radius 2 is 2.00 bits per heavy atom. The summed E-state index contributed by atoms with van der Waals surface area (Å²) in [6.45, 7) is 0.591. The topological polar surface area (TPSA) is 12.0 Å². The maximum absolute atomic E-state index is 13.8. The third kappa shape index (κ3) is 2.40. The van der Waals surface area contributed by atoms with Gasteiger partial charge in [0.1, 0.15) is 5.82 Å². The standard InChI is InChI=1S/C11H10ClF4N/c12-7-4-3-6(11(14,15)16)9(10(7)13)8-2-1-5-17-8/h3-4,8,17H,1-2,5H2/t8-/m0/s1. The van der Waals surface area contributed by atoms with Crippen LogP contribution in [0.25, 0.3) is 0 Å². The predicted molar refractivity (Wildman–Crippen MR) is 56.4 cm³/mol. The molecular weight excluding hydrogens is 258 g/mol. The summed E-state index contributed by atoms with van der Waals surface area (Å²) in [5, 5.41) is 2.58. The van der Waals surface area contributed by atoms with Crippen molar-refractivity contribution < 1.29 is 17.6 Å². The monoisotopic (exact) mass is 267 g/mol. The van der Waals surface area contributed by atoms with Crippen LogP contribution in [0.15, 0.2) is 12.1 Å². The second kappa shape index (κ2) is 4.46. The molecular formula is C11H10ClF4N. The molecule has 2 rings (SSSR count). The van der Waals surface area contributed by atoms with Gasteiger partial charge >= 0.3 is 6.18 Å². The lowest BCUT2D eigenvalue weighted by Crippen LogP contribution is -2.20. The number of hydrogen-bond donors (Lipinski definition) is 1. The van der Waals surface area contributed by atoms with E-state index in [-0.39, 0.29) is 10.6 Å². The minimum absolute atomic E-state index is 0.276. The average molecular weight is 268 g/mol. The van der Waals surface area contributed by atoms with Crippen molar-refractivity contribution in [2.75, 3.05) is 6.54 Å². The number of halogens is 5. The van der Waals surface area contributed by atoms with Gasteiger partial charge in [-0.3, -0.25) is 0 Å². The molecule has 1 aliphatic heterocycles. The van der Waals surface area contributed by atoms with E-state index in [1.807, 2.05) is 0 Å². The molecule has 1 N–H and O–H groups in total. The van der Waals surface area contributed by atoms with Crippen LogP contribution in [0.4, 0.5) is 17.6 Å². The molecule has 0 radical (unpaired) electrons. The van der Waals surface area contributed by atoms with Crippen LogP contribution in [0.5, 0.6) is 0 Å². The van der Waals surface area contributed by atoms with E-state index >= 15 is 0 Å². The summed E-state index contributed by atoms with van der Waals surface area (Å²) in [6, 6.07) is 1.17. The van der Waals surface area contributed by atoms with Crippen molar-refractivity contribution in [1.82, 2.24) is 5.32 Å². The van der Waals surface area contributed by atoms with Crippen LogP contribution in [-0.4, -0.2) is 6.54 Å². The Kier molecular flexibility index (Phi) is 3.32. The van der Waals surface area contributed by atoms with Gasteiger partial charge in [0.25, 0.3) is 0 Å². The zero-order chi connectivity index (χ0) is 12.6. The van der Waals surface area contributed by atoms with E-state index in [1.54, 1.807) is 0 Å². The van der Waals surface area contributed by atoms with Gasteiger partial charge in [-0.1, -0.05) is 11.6 Å². The maximum Gasteiger partial charge on any atom is 0.416 e. The van der Waals surface area contributed by atoms with Crippen molar-refractivity contribution in [3.8, 4) is 0 Å². The van der Waals surface area contributed by atoms with Gasteiger partial charge in [0.15, 0.2) is 0 Å². The highest BCUT2D eigenvalue weighted by molar-refractivity contribution is 6.30. The second-order valence-corrected chi connectivity index (χ2v) is 4.38. The van der Waals surface area contributed by atoms with Gasteiger partial charge in [-0.25, -0.2) is 4.39 Å². The molecule has 6 heteroatoms. The van der Waals surface area contributed by atoms with Crippen molar-refractivity contribution in [3.63, 3.8) is 0 Å². The fourth-order valence-electron chi connectivity index (χ4n) is 2.09. The zero-order valence-electron chi connectivity index (χ0n) is 8.74. The summed E-state index contributed by atoms with van der Waals surface area (Å²) in [7, 11) is 0. The van der Waals surface area contributed by atoms with Crippen LogP contribution in [0.2, 0.25) is 5.02 Å². The van der Waals surface area contributed by atoms with E-state index in [1.165, 1.54) is 0 Å². The fraction of sp³-hybridized carbons (Fsp3) is 0.455. The Balaban J connectivity index is 2.55. The summed E-state index contributed by atoms with van der Waals surface area (Å²) in [6.07, 6.45) is -3.35. The molecule has 0 bridgehead atoms. The normalized spacial score (nSPS) is 20.9. The molecule has 0 unspecified atom stereocenters. The minimum Gasteiger partial charge on any atom is -0.310 e. The summed E-state index contributed by atoms with van der Waals surface area (Å²) in [5.74, 6) is -0.971. The smallest absolute Gasteiger partial charge is 0.310 e. The lowest BCUT2D eigenvalue weighted by molar-refractivity contribution is -0.138. The lowest BCUT2D eigenvalue weighted by Gasteiger charge is -2.19. The first-order valence-electron chi connectivity index (χ1n) is 5.19. The molecule has 0 aromatic heterocycles. The quantitative estimate of drug-likeness (QED) is 0.761. The number of hydrogen-bond acceptors (Lipinski definition) is 1. The predicted octanol–water partition coefficient (Wildman–Crippen LogP) is 3.92. The molecule has 1 heterocycles. The highest BCUT2D eigenvalue weighted by atomic mass is 35.5. The zero-order valence-corrected chi connectivity index (χ0v) is 9.50. The first-order chi connectivity index (χ1) is 7.91. The van der Waals surface area contributed by atoms with E-state index in [0.717, 1.165) is 18.6 Å². The van der Waals surface area contributed by atoms with Crippen molar-refractivity contribution >= 4 is 11.6 Å². The molecule has 1 aliphatic rings. The molecule has 0 saturated carbocycles. The van der Waals surface area contributed by atoms with Gasteiger partial charge in [-0.05, 0) is 31.5 Å². The molecule has 1 fully saturated rings. The Morgan fingerprint density at radius 1 is 1.29 bits per heavy atom. The molecule has 17 heavy (non-hydrogen) atoms. The number of alkyl halides is 3. The van der Waals surface area contributed by atoms with Crippen molar-refractivity contribution in [2.45, 2.75) is 25.1 Å². The van der Waals surface area contributed by atoms with E-state index in [9.17, 15) is 17.6 Å². The Hall–Kier alpha value is -0.810. The van der Waals surface area contributed by atoms with Crippen LogP contribution in [0, 0.1) is 5.82 Å². The van der Waals surface area contributed by atoms with Crippen LogP contribution in [0.3, 0.4) is 0 Å². The highest BCUT2D eigenvalue weighted by Crippen LogP contribution is 2.40. The largest absolute Gasteiger partial charge is 0.416 e. The van der Waals surface area contributed by atoms with Crippen molar-refractivity contribution in [1.29, 1.82) is 0 Å². The summed E-state index contributed by atoms with van der Waals surface area (Å²) < 4.78 is 52.1. The molecule has 1 saturated heterocycles. The molecule has 1 aromatic rings. The molecule has 1 nitrogen and oxygen atoms in total. The van der Waals surface area contributed by atoms with Gasteiger partial charge in [0.05, 0.1) is 10.6 Å². The van der Waals surface area contributed by atoms with Gasteiger partial charge in [0, 0.05) is 11.6 Å². The molecule has 0 spiro atoms. The Labute approximate surface area is 101 Å². The van der Waals surface area contributed by atoms with E-state index in [2.05, 4.69) is 5.32 Å². The summed E-state index contributed by atoms with van der Waals surface area (Å²) in [5.41, 5.74) is -1.30. The third-order valence-corrected chi connectivity index (χ3v) is 3.14. The van der Waals surface area contributed by atoms with Gasteiger partial charge < -0.3 is 5.32 Å². The second-order valence-electron chi connectivity index (χ2n) is 3.97. The lowest BCUT2D eigenvalue weighted by atomic mass is 9.98. The number of rotatable bonds is 1. The number of benzene rings is 1. The summed E-state index contributed by atoms with van der Waals surface area (Å²) in [4.78, 5) is 0. The van der Waals surface area contributed by atoms with Gasteiger partial charge in [0.2, 0.25) is 0 Å². The van der Waals surface area contributed by atoms with Crippen molar-refractivity contribution in [3.05, 3.63) is 34.1 Å². The van der Waals surface area contributed by atoms with E-state index in [0.29, 0.717) is 13.0 Å². The van der Waals surface area contributed by atoms with E-state index in [4.69, 9.17) is 11.6 Å². The van der Waals surface area contributed by atoms with Crippen LogP contribution < -0.4 is 5.32 Å². The molecule has 1 atom stereocenters. The fourth-order valence-corrected chi connectivity index (χ4v) is 2.25. The van der Waals surface area contributed by atoms with Crippen LogP contribution in [0.1, 0.15) is 30.0 Å². The van der Waals surface area contributed by atoms with E-state index < -0.39 is 23.6 Å². The third-order valence-electron chi connectivity index (χ3n) is 2.85. The number of nitrogens with one attached hydrogen (secondary N) is 1. The Morgan fingerprint density at radius 3 is 2.53 bits per heavy atom. The first kappa shape index (κ1) is 12.6. The molecule has 0 amide bonds. The van der Waals surface area contributed by atoms with Crippen LogP contribution in [-0.2, 0) is 6.18 Å². The molecule has 1 aromatic carbocycles. The molecule has 0 aliphatic carbocycles. The Bertz CT molecular complexity index is 424. The average Bonchev–Trinajstić information content (AvgIpc) is 2.73.